The van der Waals surface area contributed by atoms with Crippen molar-refractivity contribution in [2.24, 2.45) is 0 Å². The average molecular weight is 546 g/mol. The molecule has 39 heavy (non-hydrogen) atoms. The van der Waals surface area contributed by atoms with E-state index in [9.17, 15) is 4.79 Å². The Kier molecular flexibility index (Phi) is 7.51. The standard InChI is InChI=1S/C31H33BClNO5/c1-30(2)31(3,4)39-32(38-30)21(16-20-17-22(36-5)14-15-28(20)33)18-34-29(35)37-19-27-25-12-8-6-10-23(25)24-11-7-9-13-26(24)27/h6-17,27H,18-19H2,1-5H3,(H,34,35). The molecule has 5 rings (SSSR count). The van der Waals surface area contributed by atoms with Crippen LogP contribution in [0.3, 0.4) is 0 Å². The van der Waals surface area contributed by atoms with Crippen LogP contribution in [-0.4, -0.2) is 44.7 Å². The SMILES string of the molecule is COc1ccc(Cl)c(C=C(CNC(=O)OCC2c3ccccc3-c3ccccc32)B2OC(C)(C)C(C)(C)O2)c1. The van der Waals surface area contributed by atoms with Gasteiger partial charge in [-0.05, 0) is 79.2 Å². The highest BCUT2D eigenvalue weighted by Crippen LogP contribution is 2.44. The van der Waals surface area contributed by atoms with Gasteiger partial charge in [0.1, 0.15) is 12.4 Å². The predicted octanol–water partition coefficient (Wildman–Crippen LogP) is 6.90. The predicted molar refractivity (Wildman–Crippen MR) is 155 cm³/mol. The summed E-state index contributed by atoms with van der Waals surface area (Å²) < 4.78 is 23.7. The average Bonchev–Trinajstić information content (AvgIpc) is 3.35. The maximum atomic E-state index is 12.9. The zero-order valence-corrected chi connectivity index (χ0v) is 23.7. The fraction of sp³-hybridized carbons (Fsp3) is 0.323. The van der Waals surface area contributed by atoms with E-state index in [0.29, 0.717) is 16.2 Å². The van der Waals surface area contributed by atoms with Crippen molar-refractivity contribution in [3.8, 4) is 16.9 Å². The van der Waals surface area contributed by atoms with Gasteiger partial charge in [0.25, 0.3) is 0 Å². The lowest BCUT2D eigenvalue weighted by molar-refractivity contribution is 0.00578. The van der Waals surface area contributed by atoms with Crippen LogP contribution in [0.1, 0.15) is 50.3 Å². The lowest BCUT2D eigenvalue weighted by Gasteiger charge is -2.32. The van der Waals surface area contributed by atoms with Crippen molar-refractivity contribution in [2.75, 3.05) is 20.3 Å². The van der Waals surface area contributed by atoms with Crippen LogP contribution in [0, 0.1) is 0 Å². The first-order valence-electron chi connectivity index (χ1n) is 13.1. The topological polar surface area (TPSA) is 66.0 Å². The van der Waals surface area contributed by atoms with E-state index in [1.807, 2.05) is 64.1 Å². The number of nitrogens with one attached hydrogen (secondary N) is 1. The molecule has 1 N–H and O–H groups in total. The minimum absolute atomic E-state index is 0.0168. The summed E-state index contributed by atoms with van der Waals surface area (Å²) in [5.74, 6) is 0.653. The number of halogens is 1. The second-order valence-electron chi connectivity index (χ2n) is 10.9. The molecule has 1 fully saturated rings. The van der Waals surface area contributed by atoms with Crippen LogP contribution in [0.15, 0.2) is 72.2 Å². The second-order valence-corrected chi connectivity index (χ2v) is 11.3. The molecule has 1 aliphatic carbocycles. The van der Waals surface area contributed by atoms with Gasteiger partial charge in [0.05, 0.1) is 18.3 Å². The molecule has 1 heterocycles. The summed E-state index contributed by atoms with van der Waals surface area (Å²) in [5.41, 5.74) is 5.05. The fourth-order valence-electron chi connectivity index (χ4n) is 4.98. The quantitative estimate of drug-likeness (QED) is 0.327. The number of carbonyl (C=O) groups is 1. The van der Waals surface area contributed by atoms with Crippen molar-refractivity contribution >= 4 is 30.9 Å². The first-order chi connectivity index (χ1) is 18.6. The highest BCUT2D eigenvalue weighted by molar-refractivity contribution is 6.56. The first-order valence-corrected chi connectivity index (χ1v) is 13.5. The van der Waals surface area contributed by atoms with Crippen LogP contribution in [0.25, 0.3) is 17.2 Å². The zero-order chi connectivity index (χ0) is 27.8. The molecule has 0 atom stereocenters. The Morgan fingerprint density at radius 2 is 1.56 bits per heavy atom. The van der Waals surface area contributed by atoms with Crippen LogP contribution in [-0.2, 0) is 14.0 Å². The molecule has 0 unspecified atom stereocenters. The molecule has 1 saturated heterocycles. The van der Waals surface area contributed by atoms with Gasteiger partial charge in [-0.1, -0.05) is 66.2 Å². The number of benzene rings is 3. The molecule has 1 amide bonds. The molecule has 3 aromatic carbocycles. The monoisotopic (exact) mass is 545 g/mol. The van der Waals surface area contributed by atoms with Crippen molar-refractivity contribution in [3.05, 3.63) is 93.9 Å². The summed E-state index contributed by atoms with van der Waals surface area (Å²) in [6.45, 7) is 8.34. The van der Waals surface area contributed by atoms with Crippen LogP contribution in [0.4, 0.5) is 4.79 Å². The maximum absolute atomic E-state index is 12.9. The lowest BCUT2D eigenvalue weighted by atomic mass is 9.77. The number of fused-ring (bicyclic) bond motifs is 3. The van der Waals surface area contributed by atoms with Crippen molar-refractivity contribution in [3.63, 3.8) is 0 Å². The fourth-order valence-corrected chi connectivity index (χ4v) is 5.15. The van der Waals surface area contributed by atoms with Gasteiger partial charge in [0, 0.05) is 17.5 Å². The summed E-state index contributed by atoms with van der Waals surface area (Å²) in [6, 6.07) is 21.9. The maximum Gasteiger partial charge on any atom is 0.492 e. The summed E-state index contributed by atoms with van der Waals surface area (Å²) >= 11 is 6.49. The van der Waals surface area contributed by atoms with E-state index in [0.717, 1.165) is 16.7 Å². The van der Waals surface area contributed by atoms with Crippen molar-refractivity contribution in [2.45, 2.75) is 44.8 Å². The zero-order valence-electron chi connectivity index (χ0n) is 22.9. The molecular formula is C31H33BClNO5. The smallest absolute Gasteiger partial charge is 0.492 e. The molecule has 8 heteroatoms. The van der Waals surface area contributed by atoms with E-state index in [1.54, 1.807) is 19.2 Å². The molecule has 202 valence electrons. The number of rotatable bonds is 7. The molecule has 0 bridgehead atoms. The Hall–Kier alpha value is -3.26. The molecule has 2 aliphatic rings. The van der Waals surface area contributed by atoms with Gasteiger partial charge in [0.15, 0.2) is 0 Å². The van der Waals surface area contributed by atoms with E-state index >= 15 is 0 Å². The third-order valence-corrected chi connectivity index (χ3v) is 8.22. The molecule has 1 aliphatic heterocycles. The summed E-state index contributed by atoms with van der Waals surface area (Å²) in [4.78, 5) is 12.9. The number of alkyl carbamates (subject to hydrolysis) is 1. The van der Waals surface area contributed by atoms with Gasteiger partial charge in [0.2, 0.25) is 0 Å². The van der Waals surface area contributed by atoms with Crippen LogP contribution in [0.5, 0.6) is 5.75 Å². The number of ether oxygens (including phenoxy) is 2. The number of methoxy groups -OCH3 is 1. The lowest BCUT2D eigenvalue weighted by Crippen LogP contribution is -2.41. The molecule has 0 saturated carbocycles. The van der Waals surface area contributed by atoms with Crippen LogP contribution < -0.4 is 10.1 Å². The minimum Gasteiger partial charge on any atom is -0.497 e. The Morgan fingerprint density at radius 1 is 0.974 bits per heavy atom. The van der Waals surface area contributed by atoms with E-state index in [-0.39, 0.29) is 19.1 Å². The number of hydrogen-bond donors (Lipinski definition) is 1. The summed E-state index contributed by atoms with van der Waals surface area (Å²) in [6.07, 6.45) is 1.35. The highest BCUT2D eigenvalue weighted by Gasteiger charge is 2.52. The number of hydrogen-bond acceptors (Lipinski definition) is 5. The van der Waals surface area contributed by atoms with Gasteiger partial charge in [-0.2, -0.15) is 0 Å². The molecule has 0 spiro atoms. The Bertz CT molecular complexity index is 1360. The van der Waals surface area contributed by atoms with E-state index < -0.39 is 24.4 Å². The van der Waals surface area contributed by atoms with Gasteiger partial charge in [-0.3, -0.25) is 0 Å². The normalized spacial score (nSPS) is 17.5. The number of amides is 1. The Balaban J connectivity index is 1.32. The number of carbonyl (C=O) groups excluding carboxylic acids is 1. The molecule has 0 radical (unpaired) electrons. The van der Waals surface area contributed by atoms with E-state index in [4.69, 9.17) is 30.4 Å². The highest BCUT2D eigenvalue weighted by atomic mass is 35.5. The van der Waals surface area contributed by atoms with Crippen LogP contribution in [0.2, 0.25) is 5.02 Å². The van der Waals surface area contributed by atoms with Crippen LogP contribution >= 0.6 is 11.6 Å². The van der Waals surface area contributed by atoms with E-state index in [2.05, 4.69) is 29.6 Å². The molecule has 0 aromatic heterocycles. The molecule has 6 nitrogen and oxygen atoms in total. The first kappa shape index (κ1) is 27.3. The minimum atomic E-state index is -0.675. The molecule has 3 aromatic rings. The van der Waals surface area contributed by atoms with Crippen molar-refractivity contribution in [1.82, 2.24) is 5.32 Å². The van der Waals surface area contributed by atoms with E-state index in [1.165, 1.54) is 11.1 Å². The third kappa shape index (κ3) is 5.44. The van der Waals surface area contributed by atoms with Gasteiger partial charge >= 0.3 is 13.2 Å². The largest absolute Gasteiger partial charge is 0.497 e. The second kappa shape index (κ2) is 10.7. The Morgan fingerprint density at radius 3 is 2.15 bits per heavy atom. The van der Waals surface area contributed by atoms with Crippen molar-refractivity contribution < 1.29 is 23.6 Å². The van der Waals surface area contributed by atoms with Gasteiger partial charge < -0.3 is 24.1 Å². The summed E-state index contributed by atoms with van der Waals surface area (Å²) in [7, 11) is 0.927. The molecular weight excluding hydrogens is 513 g/mol. The summed E-state index contributed by atoms with van der Waals surface area (Å²) in [5, 5.41) is 3.44. The Labute approximate surface area is 235 Å². The van der Waals surface area contributed by atoms with Crippen molar-refractivity contribution in [1.29, 1.82) is 0 Å². The third-order valence-electron chi connectivity index (χ3n) is 7.88. The van der Waals surface area contributed by atoms with Gasteiger partial charge in [-0.15, -0.1) is 0 Å². The van der Waals surface area contributed by atoms with Gasteiger partial charge in [-0.25, -0.2) is 4.79 Å².